The molecule has 0 radical (unpaired) electrons. The fourth-order valence-electron chi connectivity index (χ4n) is 3.22. The van der Waals surface area contributed by atoms with Gasteiger partial charge in [0, 0.05) is 30.9 Å². The number of hydrogen-bond donors (Lipinski definition) is 2. The van der Waals surface area contributed by atoms with Crippen LogP contribution in [0.2, 0.25) is 0 Å². The summed E-state index contributed by atoms with van der Waals surface area (Å²) in [7, 11) is 0. The zero-order valence-electron chi connectivity index (χ0n) is 13.9. The van der Waals surface area contributed by atoms with Crippen molar-refractivity contribution in [3.63, 3.8) is 0 Å². The van der Waals surface area contributed by atoms with Gasteiger partial charge in [0.05, 0.1) is 5.92 Å². The van der Waals surface area contributed by atoms with E-state index in [4.69, 9.17) is 9.84 Å². The summed E-state index contributed by atoms with van der Waals surface area (Å²) in [5.41, 5.74) is 1.16. The van der Waals surface area contributed by atoms with E-state index in [0.29, 0.717) is 43.8 Å². The first-order valence-corrected chi connectivity index (χ1v) is 8.59. The molecule has 0 unspecified atom stereocenters. The normalized spacial score (nSPS) is 21.1. The number of amides is 2. The van der Waals surface area contributed by atoms with Crippen LogP contribution in [0, 0.1) is 5.92 Å². The maximum absolute atomic E-state index is 12.5. The first-order valence-electron chi connectivity index (χ1n) is 8.59. The molecule has 3 rings (SSSR count). The molecule has 0 saturated carbocycles. The predicted octanol–water partition coefficient (Wildman–Crippen LogP) is 1.74. The number of anilines is 1. The molecule has 0 aromatic heterocycles. The molecule has 25 heavy (non-hydrogen) atoms. The Morgan fingerprint density at radius 3 is 2.32 bits per heavy atom. The van der Waals surface area contributed by atoms with Gasteiger partial charge in [0.2, 0.25) is 0 Å². The zero-order valence-corrected chi connectivity index (χ0v) is 13.9. The minimum Gasteiger partial charge on any atom is -0.481 e. The van der Waals surface area contributed by atoms with Crippen LogP contribution < -0.4 is 5.32 Å². The minimum atomic E-state index is -0.793. The van der Waals surface area contributed by atoms with Crippen molar-refractivity contribution < 1.29 is 24.2 Å². The summed E-state index contributed by atoms with van der Waals surface area (Å²) < 4.78 is 5.34. The van der Waals surface area contributed by atoms with Gasteiger partial charge < -0.3 is 20.1 Å². The Balaban J connectivity index is 1.55. The van der Waals surface area contributed by atoms with Gasteiger partial charge in [-0.1, -0.05) is 0 Å². The molecule has 2 heterocycles. The molecule has 0 spiro atoms. The molecule has 2 aliphatic heterocycles. The van der Waals surface area contributed by atoms with Crippen LogP contribution in [0.4, 0.5) is 5.69 Å². The van der Waals surface area contributed by atoms with E-state index in [9.17, 15) is 14.4 Å². The average Bonchev–Trinajstić information content (AvgIpc) is 3.17. The van der Waals surface area contributed by atoms with E-state index in [1.54, 1.807) is 29.2 Å². The SMILES string of the molecule is O=C(O)C1CCN(C(=O)c2ccc(NC(=O)[C@@H]3CCCO3)cc2)CC1. The molecular formula is C18H22N2O5. The van der Waals surface area contributed by atoms with Gasteiger partial charge in [0.15, 0.2) is 0 Å². The maximum Gasteiger partial charge on any atom is 0.306 e. The number of carbonyl (C=O) groups is 3. The van der Waals surface area contributed by atoms with Crippen molar-refractivity contribution in [2.45, 2.75) is 31.8 Å². The van der Waals surface area contributed by atoms with Crippen molar-refractivity contribution in [2.24, 2.45) is 5.92 Å². The number of carbonyl (C=O) groups excluding carboxylic acids is 2. The maximum atomic E-state index is 12.5. The third-order valence-corrected chi connectivity index (χ3v) is 4.75. The van der Waals surface area contributed by atoms with E-state index >= 15 is 0 Å². The van der Waals surface area contributed by atoms with E-state index < -0.39 is 12.1 Å². The molecular weight excluding hydrogens is 324 g/mol. The highest BCUT2D eigenvalue weighted by atomic mass is 16.5. The molecule has 2 saturated heterocycles. The second kappa shape index (κ2) is 7.65. The minimum absolute atomic E-state index is 0.110. The second-order valence-electron chi connectivity index (χ2n) is 6.47. The number of carboxylic acid groups (broad SMARTS) is 1. The van der Waals surface area contributed by atoms with Crippen LogP contribution in [-0.4, -0.2) is 53.6 Å². The number of nitrogens with zero attached hydrogens (tertiary/aromatic N) is 1. The molecule has 2 N–H and O–H groups in total. The van der Waals surface area contributed by atoms with Crippen molar-refractivity contribution in [1.29, 1.82) is 0 Å². The molecule has 1 aromatic carbocycles. The zero-order chi connectivity index (χ0) is 17.8. The van der Waals surface area contributed by atoms with Gasteiger partial charge in [-0.3, -0.25) is 14.4 Å². The largest absolute Gasteiger partial charge is 0.481 e. The van der Waals surface area contributed by atoms with E-state index in [1.165, 1.54) is 0 Å². The first-order chi connectivity index (χ1) is 12.0. The Bertz CT molecular complexity index is 644. The molecule has 1 aromatic rings. The number of ether oxygens (including phenoxy) is 1. The number of benzene rings is 1. The number of aliphatic carboxylic acids is 1. The molecule has 2 fully saturated rings. The van der Waals surface area contributed by atoms with Crippen molar-refractivity contribution in [1.82, 2.24) is 4.90 Å². The molecule has 7 nitrogen and oxygen atoms in total. The molecule has 7 heteroatoms. The van der Waals surface area contributed by atoms with Gasteiger partial charge in [-0.25, -0.2) is 0 Å². The third-order valence-electron chi connectivity index (χ3n) is 4.75. The van der Waals surface area contributed by atoms with Crippen LogP contribution in [0.15, 0.2) is 24.3 Å². The fourth-order valence-corrected chi connectivity index (χ4v) is 3.22. The number of carboxylic acids is 1. The Labute approximate surface area is 146 Å². The van der Waals surface area contributed by atoms with Gasteiger partial charge in [-0.2, -0.15) is 0 Å². The van der Waals surface area contributed by atoms with Gasteiger partial charge in [0.1, 0.15) is 6.10 Å². The second-order valence-corrected chi connectivity index (χ2v) is 6.47. The van der Waals surface area contributed by atoms with Gasteiger partial charge in [-0.05, 0) is 49.9 Å². The van der Waals surface area contributed by atoms with E-state index in [0.717, 1.165) is 12.8 Å². The van der Waals surface area contributed by atoms with Crippen molar-refractivity contribution >= 4 is 23.5 Å². The lowest BCUT2D eigenvalue weighted by atomic mass is 9.96. The Morgan fingerprint density at radius 1 is 1.08 bits per heavy atom. The van der Waals surface area contributed by atoms with Crippen LogP contribution in [-0.2, 0) is 14.3 Å². The first kappa shape index (κ1) is 17.4. The summed E-state index contributed by atoms with van der Waals surface area (Å²) in [6.07, 6.45) is 2.20. The lowest BCUT2D eigenvalue weighted by Gasteiger charge is -2.30. The van der Waals surface area contributed by atoms with Crippen molar-refractivity contribution in [3.8, 4) is 0 Å². The van der Waals surface area contributed by atoms with Gasteiger partial charge in [0.25, 0.3) is 11.8 Å². The summed E-state index contributed by atoms with van der Waals surface area (Å²) in [5, 5.41) is 11.8. The smallest absolute Gasteiger partial charge is 0.306 e. The predicted molar refractivity (Wildman–Crippen MR) is 90.3 cm³/mol. The Hall–Kier alpha value is -2.41. The Morgan fingerprint density at radius 2 is 1.76 bits per heavy atom. The molecule has 2 amide bonds. The fraction of sp³-hybridized carbons (Fsp3) is 0.500. The van der Waals surface area contributed by atoms with Gasteiger partial charge >= 0.3 is 5.97 Å². The molecule has 2 aliphatic rings. The van der Waals surface area contributed by atoms with Crippen molar-refractivity contribution in [2.75, 3.05) is 25.0 Å². The summed E-state index contributed by atoms with van der Waals surface area (Å²) in [6.45, 7) is 1.52. The molecule has 134 valence electrons. The van der Waals surface area contributed by atoms with E-state index in [2.05, 4.69) is 5.32 Å². The summed E-state index contributed by atoms with van der Waals surface area (Å²) in [4.78, 5) is 37.2. The molecule has 0 aliphatic carbocycles. The highest BCUT2D eigenvalue weighted by Gasteiger charge is 2.27. The number of piperidine rings is 1. The van der Waals surface area contributed by atoms with Crippen LogP contribution in [0.25, 0.3) is 0 Å². The van der Waals surface area contributed by atoms with E-state index in [-0.39, 0.29) is 17.7 Å². The summed E-state index contributed by atoms with van der Waals surface area (Å²) >= 11 is 0. The van der Waals surface area contributed by atoms with Crippen molar-refractivity contribution in [3.05, 3.63) is 29.8 Å². The van der Waals surface area contributed by atoms with Crippen LogP contribution in [0.5, 0.6) is 0 Å². The lowest BCUT2D eigenvalue weighted by molar-refractivity contribution is -0.143. The summed E-state index contributed by atoms with van der Waals surface area (Å²) in [6, 6.07) is 6.75. The molecule has 0 bridgehead atoms. The summed E-state index contributed by atoms with van der Waals surface area (Å²) in [5.74, 6) is -1.42. The number of nitrogens with one attached hydrogen (secondary N) is 1. The quantitative estimate of drug-likeness (QED) is 0.866. The number of rotatable bonds is 4. The third kappa shape index (κ3) is 4.17. The van der Waals surface area contributed by atoms with Crippen LogP contribution in [0.1, 0.15) is 36.0 Å². The number of likely N-dealkylation sites (tertiary alicyclic amines) is 1. The topological polar surface area (TPSA) is 95.9 Å². The highest BCUT2D eigenvalue weighted by molar-refractivity contribution is 5.97. The van der Waals surface area contributed by atoms with Gasteiger partial charge in [-0.15, -0.1) is 0 Å². The highest BCUT2D eigenvalue weighted by Crippen LogP contribution is 2.20. The number of hydrogen-bond acceptors (Lipinski definition) is 4. The molecule has 1 atom stereocenters. The Kier molecular flexibility index (Phi) is 5.33. The average molecular weight is 346 g/mol. The van der Waals surface area contributed by atoms with Crippen LogP contribution >= 0.6 is 0 Å². The van der Waals surface area contributed by atoms with Crippen LogP contribution in [0.3, 0.4) is 0 Å². The standard InChI is InChI=1S/C18H22N2O5/c21-16(15-2-1-11-25-15)19-14-5-3-12(4-6-14)17(22)20-9-7-13(8-10-20)18(23)24/h3-6,13,15H,1-2,7-11H2,(H,19,21)(H,23,24)/t15-/m0/s1. The lowest BCUT2D eigenvalue weighted by Crippen LogP contribution is -2.40. The monoisotopic (exact) mass is 346 g/mol. The van der Waals surface area contributed by atoms with E-state index in [1.807, 2.05) is 0 Å².